The minimum atomic E-state index is -0.0960. The second-order valence-corrected chi connectivity index (χ2v) is 13.3. The zero-order valence-electron chi connectivity index (χ0n) is 26.6. The minimum Gasteiger partial charge on any atom is -0.278 e. The Morgan fingerprint density at radius 2 is 1.12 bits per heavy atom. The van der Waals surface area contributed by atoms with Crippen molar-refractivity contribution in [3.63, 3.8) is 0 Å². The van der Waals surface area contributed by atoms with Crippen LogP contribution in [-0.2, 0) is 5.41 Å². The van der Waals surface area contributed by atoms with Gasteiger partial charge in [-0.3, -0.25) is 4.57 Å². The van der Waals surface area contributed by atoms with Gasteiger partial charge in [0.15, 0.2) is 11.6 Å². The molecule has 0 radical (unpaired) electrons. The lowest BCUT2D eigenvalue weighted by molar-refractivity contribution is 0.661. The fraction of sp³-hybridized carbons (Fsp3) is 0.0682. The molecule has 0 atom stereocenters. The van der Waals surface area contributed by atoms with Gasteiger partial charge in [0.25, 0.3) is 0 Å². The normalized spacial score (nSPS) is 13.4. The molecule has 9 aromatic rings. The van der Waals surface area contributed by atoms with Crippen LogP contribution >= 0.6 is 0 Å². The van der Waals surface area contributed by atoms with Crippen molar-refractivity contribution in [2.75, 3.05) is 0 Å². The maximum Gasteiger partial charge on any atom is 0.238 e. The largest absolute Gasteiger partial charge is 0.278 e. The molecule has 0 spiro atoms. The average Bonchev–Trinajstić information content (AvgIpc) is 3.58. The number of aromatic nitrogens is 4. The Bertz CT molecular complexity index is 2760. The number of rotatable bonds is 3. The zero-order valence-corrected chi connectivity index (χ0v) is 26.6. The number of para-hydroxylation sites is 1. The summed E-state index contributed by atoms with van der Waals surface area (Å²) in [6, 6.07) is 51.8. The van der Waals surface area contributed by atoms with Gasteiger partial charge in [-0.2, -0.15) is 9.97 Å². The van der Waals surface area contributed by atoms with Crippen LogP contribution in [0.4, 0.5) is 0 Å². The maximum atomic E-state index is 5.29. The van der Waals surface area contributed by atoms with Crippen LogP contribution in [0.3, 0.4) is 0 Å². The molecule has 10 rings (SSSR count). The molecule has 0 saturated heterocycles. The number of nitrogens with zero attached hydrogens (tertiary/aromatic N) is 4. The highest BCUT2D eigenvalue weighted by Crippen LogP contribution is 2.51. The Hall–Kier alpha value is -6.13. The van der Waals surface area contributed by atoms with Crippen molar-refractivity contribution >= 4 is 43.4 Å². The van der Waals surface area contributed by atoms with E-state index in [1.165, 1.54) is 38.4 Å². The number of benzene rings is 7. The standard InChI is InChI=1S/C44H30N4/c1-44(2)37-20-9-7-17-32(37)35-26-40-36(25-38(35)44)33-18-8-10-21-39(33)48(40)43-46-41(30-23-22-27-12-3-4-14-29(27)24-30)45-42(47-43)34-19-11-15-28-13-5-6-16-31(28)34/h3-26H,1-2H3. The van der Waals surface area contributed by atoms with E-state index in [0.29, 0.717) is 17.6 Å². The Morgan fingerprint density at radius 1 is 0.438 bits per heavy atom. The summed E-state index contributed by atoms with van der Waals surface area (Å²) in [5, 5.41) is 6.98. The highest BCUT2D eigenvalue weighted by Gasteiger charge is 2.36. The third-order valence-corrected chi connectivity index (χ3v) is 10.2. The first-order valence-corrected chi connectivity index (χ1v) is 16.5. The van der Waals surface area contributed by atoms with E-state index in [4.69, 9.17) is 15.0 Å². The molecule has 1 aliphatic carbocycles. The van der Waals surface area contributed by atoms with Gasteiger partial charge in [-0.25, -0.2) is 4.98 Å². The van der Waals surface area contributed by atoms with Crippen molar-refractivity contribution in [3.8, 4) is 39.9 Å². The third kappa shape index (κ3) is 3.86. The van der Waals surface area contributed by atoms with Gasteiger partial charge in [0.1, 0.15) is 0 Å². The lowest BCUT2D eigenvalue weighted by Gasteiger charge is -2.21. The molecule has 2 aromatic heterocycles. The molecular formula is C44H30N4. The fourth-order valence-electron chi connectivity index (χ4n) is 7.84. The highest BCUT2D eigenvalue weighted by molar-refractivity contribution is 6.11. The summed E-state index contributed by atoms with van der Waals surface area (Å²) in [5.74, 6) is 1.90. The van der Waals surface area contributed by atoms with Crippen molar-refractivity contribution in [3.05, 3.63) is 157 Å². The Kier molecular flexibility index (Phi) is 5.59. The first-order chi connectivity index (χ1) is 23.5. The van der Waals surface area contributed by atoms with Crippen LogP contribution < -0.4 is 0 Å². The van der Waals surface area contributed by atoms with Gasteiger partial charge in [0.2, 0.25) is 5.95 Å². The van der Waals surface area contributed by atoms with Crippen LogP contribution in [-0.4, -0.2) is 19.5 Å². The van der Waals surface area contributed by atoms with Crippen LogP contribution in [0.1, 0.15) is 25.0 Å². The van der Waals surface area contributed by atoms with Crippen LogP contribution in [0.25, 0.3) is 83.2 Å². The molecule has 0 amide bonds. The Balaban J connectivity index is 1.30. The molecule has 0 aliphatic heterocycles. The van der Waals surface area contributed by atoms with Crippen molar-refractivity contribution in [1.82, 2.24) is 19.5 Å². The lowest BCUT2D eigenvalue weighted by Crippen LogP contribution is -2.14. The molecule has 2 heterocycles. The van der Waals surface area contributed by atoms with Crippen molar-refractivity contribution in [2.24, 2.45) is 0 Å². The van der Waals surface area contributed by atoms with Crippen LogP contribution in [0.5, 0.6) is 0 Å². The molecule has 0 fully saturated rings. The number of fused-ring (bicyclic) bond motifs is 8. The Labute approximate surface area is 278 Å². The zero-order chi connectivity index (χ0) is 32.0. The van der Waals surface area contributed by atoms with E-state index >= 15 is 0 Å². The predicted octanol–water partition coefficient (Wildman–Crippen LogP) is 10.9. The van der Waals surface area contributed by atoms with Crippen molar-refractivity contribution in [1.29, 1.82) is 0 Å². The van der Waals surface area contributed by atoms with Gasteiger partial charge in [-0.1, -0.05) is 135 Å². The third-order valence-electron chi connectivity index (χ3n) is 10.2. The average molecular weight is 615 g/mol. The van der Waals surface area contributed by atoms with Crippen LogP contribution in [0, 0.1) is 0 Å². The van der Waals surface area contributed by atoms with Gasteiger partial charge in [0.05, 0.1) is 11.0 Å². The van der Waals surface area contributed by atoms with E-state index in [-0.39, 0.29) is 5.41 Å². The fourth-order valence-corrected chi connectivity index (χ4v) is 7.84. The molecule has 0 N–H and O–H groups in total. The van der Waals surface area contributed by atoms with E-state index in [1.54, 1.807) is 0 Å². The summed E-state index contributed by atoms with van der Waals surface area (Å²) in [4.78, 5) is 15.7. The van der Waals surface area contributed by atoms with Crippen LogP contribution in [0.2, 0.25) is 0 Å². The number of hydrogen-bond donors (Lipinski definition) is 0. The Morgan fingerprint density at radius 3 is 2.02 bits per heavy atom. The van der Waals surface area contributed by atoms with E-state index in [0.717, 1.165) is 38.3 Å². The molecule has 0 bridgehead atoms. The molecule has 7 aromatic carbocycles. The van der Waals surface area contributed by atoms with Crippen molar-refractivity contribution in [2.45, 2.75) is 19.3 Å². The summed E-state index contributed by atoms with van der Waals surface area (Å²) < 4.78 is 2.24. The van der Waals surface area contributed by atoms with Gasteiger partial charge >= 0.3 is 0 Å². The van der Waals surface area contributed by atoms with Crippen molar-refractivity contribution < 1.29 is 0 Å². The molecule has 4 nitrogen and oxygen atoms in total. The molecule has 48 heavy (non-hydrogen) atoms. The summed E-state index contributed by atoms with van der Waals surface area (Å²) in [7, 11) is 0. The smallest absolute Gasteiger partial charge is 0.238 e. The van der Waals surface area contributed by atoms with E-state index in [2.05, 4.69) is 164 Å². The highest BCUT2D eigenvalue weighted by atomic mass is 15.2. The number of hydrogen-bond acceptors (Lipinski definition) is 3. The predicted molar refractivity (Wildman–Crippen MR) is 198 cm³/mol. The minimum absolute atomic E-state index is 0.0960. The SMILES string of the molecule is CC1(C)c2ccccc2-c2cc3c(cc21)c1ccccc1n3-c1nc(-c2ccc3ccccc3c2)nc(-c2cccc3ccccc23)n1. The summed E-state index contributed by atoms with van der Waals surface area (Å²) in [6.45, 7) is 4.67. The first kappa shape index (κ1) is 27.0. The molecular weight excluding hydrogens is 585 g/mol. The van der Waals surface area contributed by atoms with Crippen LogP contribution in [0.15, 0.2) is 146 Å². The van der Waals surface area contributed by atoms with Gasteiger partial charge in [-0.05, 0) is 68.1 Å². The topological polar surface area (TPSA) is 43.6 Å². The van der Waals surface area contributed by atoms with E-state index < -0.39 is 0 Å². The molecule has 0 unspecified atom stereocenters. The first-order valence-electron chi connectivity index (χ1n) is 16.5. The van der Waals surface area contributed by atoms with Gasteiger partial charge < -0.3 is 0 Å². The molecule has 4 heteroatoms. The second-order valence-electron chi connectivity index (χ2n) is 13.3. The monoisotopic (exact) mass is 614 g/mol. The molecule has 226 valence electrons. The van der Waals surface area contributed by atoms with E-state index in [1.807, 2.05) is 0 Å². The summed E-state index contributed by atoms with van der Waals surface area (Å²) in [5.41, 5.74) is 9.27. The van der Waals surface area contributed by atoms with Gasteiger partial charge in [-0.15, -0.1) is 0 Å². The summed E-state index contributed by atoms with van der Waals surface area (Å²) >= 11 is 0. The van der Waals surface area contributed by atoms with E-state index in [9.17, 15) is 0 Å². The maximum absolute atomic E-state index is 5.29. The molecule has 1 aliphatic rings. The quantitative estimate of drug-likeness (QED) is 0.199. The summed E-state index contributed by atoms with van der Waals surface area (Å²) in [6.07, 6.45) is 0. The second kappa shape index (κ2) is 9.93. The lowest BCUT2D eigenvalue weighted by atomic mass is 9.82. The van der Waals surface area contributed by atoms with Gasteiger partial charge in [0, 0.05) is 27.3 Å². The molecule has 0 saturated carbocycles.